The second-order valence-electron chi connectivity index (χ2n) is 7.16. The van der Waals surface area contributed by atoms with Crippen molar-refractivity contribution in [2.45, 2.75) is 32.3 Å². The molecule has 3 heterocycles. The third kappa shape index (κ3) is 3.77. The molecular formula is C20H18F3N3O4. The van der Waals surface area contributed by atoms with Crippen LogP contribution in [0, 0.1) is 24.4 Å². The molecule has 1 saturated heterocycles. The lowest BCUT2D eigenvalue weighted by Gasteiger charge is -2.25. The van der Waals surface area contributed by atoms with E-state index in [9.17, 15) is 22.8 Å². The van der Waals surface area contributed by atoms with Gasteiger partial charge in [-0.05, 0) is 25.8 Å². The molecule has 10 heteroatoms. The van der Waals surface area contributed by atoms with E-state index in [0.29, 0.717) is 24.3 Å². The van der Waals surface area contributed by atoms with Crippen LogP contribution in [0.15, 0.2) is 28.9 Å². The molecule has 2 aliphatic rings. The van der Waals surface area contributed by atoms with E-state index in [0.717, 1.165) is 15.9 Å². The molecule has 1 aromatic heterocycles. The predicted octanol–water partition coefficient (Wildman–Crippen LogP) is 3.65. The number of aromatic nitrogens is 1. The van der Waals surface area contributed by atoms with Gasteiger partial charge in [-0.25, -0.2) is 18.0 Å². The summed E-state index contributed by atoms with van der Waals surface area (Å²) in [6.45, 7) is 1.72. The van der Waals surface area contributed by atoms with Gasteiger partial charge in [-0.3, -0.25) is 9.69 Å². The van der Waals surface area contributed by atoms with Crippen LogP contribution in [0.1, 0.15) is 24.3 Å². The summed E-state index contributed by atoms with van der Waals surface area (Å²) in [6, 6.07) is 2.52. The molecule has 0 unspecified atom stereocenters. The van der Waals surface area contributed by atoms with E-state index in [1.54, 1.807) is 13.0 Å². The van der Waals surface area contributed by atoms with E-state index in [4.69, 9.17) is 9.26 Å². The number of nitrogens with zero attached hydrogens (tertiary/aromatic N) is 3. The van der Waals surface area contributed by atoms with Crippen molar-refractivity contribution in [2.24, 2.45) is 0 Å². The molecule has 0 N–H and O–H groups in total. The zero-order valence-corrected chi connectivity index (χ0v) is 16.0. The van der Waals surface area contributed by atoms with Crippen LogP contribution in [0.2, 0.25) is 0 Å². The van der Waals surface area contributed by atoms with E-state index < -0.39 is 41.0 Å². The number of benzene rings is 1. The van der Waals surface area contributed by atoms with Crippen LogP contribution in [0.3, 0.4) is 0 Å². The maximum atomic E-state index is 14.7. The Hall–Kier alpha value is -3.30. The van der Waals surface area contributed by atoms with Crippen LogP contribution < -0.4 is 9.80 Å². The van der Waals surface area contributed by atoms with E-state index in [-0.39, 0.29) is 25.3 Å². The molecule has 0 bridgehead atoms. The van der Waals surface area contributed by atoms with Gasteiger partial charge in [0, 0.05) is 31.3 Å². The van der Waals surface area contributed by atoms with Gasteiger partial charge in [0.15, 0.2) is 23.2 Å². The average Bonchev–Trinajstić information content (AvgIpc) is 3.29. The summed E-state index contributed by atoms with van der Waals surface area (Å²) in [5.74, 6) is -3.37. The number of ketones is 1. The third-order valence-corrected chi connectivity index (χ3v) is 5.01. The molecule has 0 aliphatic carbocycles. The van der Waals surface area contributed by atoms with Crippen LogP contribution >= 0.6 is 0 Å². The molecule has 1 amide bonds. The van der Waals surface area contributed by atoms with Crippen molar-refractivity contribution >= 4 is 23.3 Å². The van der Waals surface area contributed by atoms with Gasteiger partial charge in [0.05, 0.1) is 17.9 Å². The SMILES string of the molecule is Cc1cc(CC[C@H]2CN(c3cc(F)c(N4C=CC(=O)CC4)c(F)c3F)C(=O)O2)no1. The van der Waals surface area contributed by atoms with Crippen molar-refractivity contribution in [1.82, 2.24) is 5.16 Å². The fourth-order valence-corrected chi connectivity index (χ4v) is 3.49. The lowest BCUT2D eigenvalue weighted by Crippen LogP contribution is -2.29. The number of carbonyl (C=O) groups excluding carboxylic acids is 2. The van der Waals surface area contributed by atoms with Gasteiger partial charge in [-0.15, -0.1) is 0 Å². The van der Waals surface area contributed by atoms with Gasteiger partial charge in [0.2, 0.25) is 0 Å². The smallest absolute Gasteiger partial charge is 0.414 e. The summed E-state index contributed by atoms with van der Waals surface area (Å²) in [6.07, 6.45) is 1.83. The predicted molar refractivity (Wildman–Crippen MR) is 99.6 cm³/mol. The molecule has 30 heavy (non-hydrogen) atoms. The van der Waals surface area contributed by atoms with Crippen molar-refractivity contribution in [3.63, 3.8) is 0 Å². The molecule has 4 rings (SSSR count). The first-order valence-electron chi connectivity index (χ1n) is 9.39. The van der Waals surface area contributed by atoms with Gasteiger partial charge in [-0.2, -0.15) is 0 Å². The molecule has 7 nitrogen and oxygen atoms in total. The van der Waals surface area contributed by atoms with Gasteiger partial charge in [-0.1, -0.05) is 5.16 Å². The number of ether oxygens (including phenoxy) is 1. The van der Waals surface area contributed by atoms with E-state index >= 15 is 0 Å². The first kappa shape index (κ1) is 20.0. The minimum Gasteiger partial charge on any atom is -0.444 e. The highest BCUT2D eigenvalue weighted by atomic mass is 19.2. The standard InChI is InChI=1S/C20H18F3N3O4/c1-11-8-12(24-30-11)2-3-14-10-26(20(28)29-14)16-9-15(21)19(18(23)17(16)22)25-6-4-13(27)5-7-25/h4,6,8-9,14H,2-3,5,7,10H2,1H3/t14-/m0/s1. The maximum Gasteiger partial charge on any atom is 0.414 e. The average molecular weight is 421 g/mol. The minimum atomic E-state index is -1.43. The number of amides is 1. The molecule has 2 aliphatic heterocycles. The second-order valence-corrected chi connectivity index (χ2v) is 7.16. The summed E-state index contributed by atoms with van der Waals surface area (Å²) in [5.41, 5.74) is -0.455. The molecule has 1 aromatic carbocycles. The van der Waals surface area contributed by atoms with Crippen molar-refractivity contribution in [3.8, 4) is 0 Å². The first-order valence-corrected chi connectivity index (χ1v) is 9.39. The monoisotopic (exact) mass is 421 g/mol. The molecule has 0 radical (unpaired) electrons. The molecular weight excluding hydrogens is 403 g/mol. The van der Waals surface area contributed by atoms with Gasteiger partial charge in [0.25, 0.3) is 0 Å². The van der Waals surface area contributed by atoms with Crippen molar-refractivity contribution in [3.05, 3.63) is 53.3 Å². The molecule has 158 valence electrons. The number of rotatable bonds is 5. The number of hydrogen-bond donors (Lipinski definition) is 0. The van der Waals surface area contributed by atoms with Gasteiger partial charge < -0.3 is 14.2 Å². The highest BCUT2D eigenvalue weighted by Gasteiger charge is 2.36. The maximum absolute atomic E-state index is 14.7. The summed E-state index contributed by atoms with van der Waals surface area (Å²) in [4.78, 5) is 25.5. The number of carbonyl (C=O) groups is 2. The Morgan fingerprint density at radius 1 is 1.20 bits per heavy atom. The van der Waals surface area contributed by atoms with Crippen LogP contribution in [0.25, 0.3) is 0 Å². The number of aryl methyl sites for hydroxylation is 2. The quantitative estimate of drug-likeness (QED) is 0.686. The number of hydrogen-bond acceptors (Lipinski definition) is 6. The molecule has 0 saturated carbocycles. The Balaban J connectivity index is 1.53. The number of cyclic esters (lactones) is 1. The van der Waals surface area contributed by atoms with Crippen LogP contribution in [-0.2, 0) is 16.0 Å². The largest absolute Gasteiger partial charge is 0.444 e. The van der Waals surface area contributed by atoms with Crippen molar-refractivity contribution in [2.75, 3.05) is 22.9 Å². The normalized spacial score (nSPS) is 19.0. The second kappa shape index (κ2) is 7.85. The van der Waals surface area contributed by atoms with Crippen LogP contribution in [-0.4, -0.2) is 36.2 Å². The summed E-state index contributed by atoms with van der Waals surface area (Å²) >= 11 is 0. The molecule has 2 aromatic rings. The summed E-state index contributed by atoms with van der Waals surface area (Å²) < 4.78 is 54.3. The zero-order valence-electron chi connectivity index (χ0n) is 16.0. The number of halogens is 3. The van der Waals surface area contributed by atoms with E-state index in [2.05, 4.69) is 5.16 Å². The van der Waals surface area contributed by atoms with Crippen LogP contribution in [0.4, 0.5) is 29.3 Å². The summed E-state index contributed by atoms with van der Waals surface area (Å²) in [5, 5.41) is 3.85. The first-order chi connectivity index (χ1) is 14.3. The lowest BCUT2D eigenvalue weighted by atomic mass is 10.1. The summed E-state index contributed by atoms with van der Waals surface area (Å²) in [7, 11) is 0. The molecule has 1 fully saturated rings. The van der Waals surface area contributed by atoms with Gasteiger partial charge in [0.1, 0.15) is 17.6 Å². The number of allylic oxidation sites excluding steroid dienone is 1. The minimum absolute atomic E-state index is 0.0251. The highest BCUT2D eigenvalue weighted by Crippen LogP contribution is 2.35. The topological polar surface area (TPSA) is 75.9 Å². The Kier molecular flexibility index (Phi) is 5.23. The number of anilines is 2. The van der Waals surface area contributed by atoms with E-state index in [1.165, 1.54) is 12.3 Å². The van der Waals surface area contributed by atoms with Gasteiger partial charge >= 0.3 is 6.09 Å². The third-order valence-electron chi connectivity index (χ3n) is 5.01. The fraction of sp³-hybridized carbons (Fsp3) is 0.350. The molecule has 1 atom stereocenters. The van der Waals surface area contributed by atoms with E-state index in [1.807, 2.05) is 0 Å². The highest BCUT2D eigenvalue weighted by molar-refractivity contribution is 5.92. The lowest BCUT2D eigenvalue weighted by molar-refractivity contribution is -0.114. The van der Waals surface area contributed by atoms with Crippen LogP contribution in [0.5, 0.6) is 0 Å². The molecule has 0 spiro atoms. The Morgan fingerprint density at radius 2 is 2.00 bits per heavy atom. The Morgan fingerprint density at radius 3 is 2.67 bits per heavy atom. The van der Waals surface area contributed by atoms with Crippen molar-refractivity contribution in [1.29, 1.82) is 0 Å². The Labute approximate surface area is 169 Å². The van der Waals surface area contributed by atoms with Crippen molar-refractivity contribution < 1.29 is 32.0 Å². The Bertz CT molecular complexity index is 1040. The zero-order chi connectivity index (χ0) is 21.4. The fourth-order valence-electron chi connectivity index (χ4n) is 3.49.